The fourth-order valence-electron chi connectivity index (χ4n) is 1.29. The summed E-state index contributed by atoms with van der Waals surface area (Å²) in [4.78, 5) is 5.14. The number of hydrogen-bond acceptors (Lipinski definition) is 4. The van der Waals surface area contributed by atoms with Crippen molar-refractivity contribution < 1.29 is 0 Å². The Bertz CT molecular complexity index is 436. The minimum absolute atomic E-state index is 0.606. The number of anilines is 2. The maximum atomic E-state index is 5.83. The lowest BCUT2D eigenvalue weighted by Gasteiger charge is -2.01. The Kier molecular flexibility index (Phi) is 2.37. The monoisotopic (exact) mass is 205 g/mol. The van der Waals surface area contributed by atoms with E-state index in [4.69, 9.17) is 11.5 Å². The van der Waals surface area contributed by atoms with Gasteiger partial charge in [0.1, 0.15) is 0 Å². The predicted octanol–water partition coefficient (Wildman–Crippen LogP) is 1.90. The molecule has 14 heavy (non-hydrogen) atoms. The van der Waals surface area contributed by atoms with Crippen molar-refractivity contribution in [2.75, 3.05) is 11.5 Å². The normalized spacial score (nSPS) is 10.3. The van der Waals surface area contributed by atoms with Gasteiger partial charge >= 0.3 is 0 Å². The van der Waals surface area contributed by atoms with E-state index in [9.17, 15) is 0 Å². The molecule has 0 aliphatic carbocycles. The summed E-state index contributed by atoms with van der Waals surface area (Å²) in [5.74, 6) is 0. The Hall–Kier alpha value is -1.55. The lowest BCUT2D eigenvalue weighted by atomic mass is 10.1. The molecule has 0 unspecified atom stereocenters. The van der Waals surface area contributed by atoms with Crippen LogP contribution in [0, 0.1) is 0 Å². The van der Waals surface area contributed by atoms with Crippen LogP contribution >= 0.6 is 11.3 Å². The van der Waals surface area contributed by atoms with E-state index in [0.29, 0.717) is 5.13 Å². The van der Waals surface area contributed by atoms with E-state index in [1.165, 1.54) is 11.3 Å². The van der Waals surface area contributed by atoms with Gasteiger partial charge in [0.15, 0.2) is 5.13 Å². The highest BCUT2D eigenvalue weighted by Gasteiger charge is 2.02. The molecule has 0 atom stereocenters. The number of nitrogens with zero attached hydrogens (tertiary/aromatic N) is 1. The molecule has 4 heteroatoms. The lowest BCUT2D eigenvalue weighted by Crippen LogP contribution is -1.93. The van der Waals surface area contributed by atoms with E-state index in [1.807, 2.05) is 24.3 Å². The first-order chi connectivity index (χ1) is 6.75. The molecule has 0 aliphatic heterocycles. The molecule has 1 heterocycles. The van der Waals surface area contributed by atoms with E-state index in [-0.39, 0.29) is 0 Å². The number of thiazole rings is 1. The molecule has 0 amide bonds. The Morgan fingerprint density at radius 2 is 2.00 bits per heavy atom. The van der Waals surface area contributed by atoms with Crippen LogP contribution in [0.3, 0.4) is 0 Å². The van der Waals surface area contributed by atoms with Gasteiger partial charge in [-0.05, 0) is 11.6 Å². The molecule has 4 N–H and O–H groups in total. The van der Waals surface area contributed by atoms with Crippen LogP contribution in [0.1, 0.15) is 10.4 Å². The number of rotatable bonds is 2. The van der Waals surface area contributed by atoms with Gasteiger partial charge in [-0.2, -0.15) is 0 Å². The zero-order chi connectivity index (χ0) is 9.97. The van der Waals surface area contributed by atoms with Crippen molar-refractivity contribution in [1.82, 2.24) is 4.98 Å². The van der Waals surface area contributed by atoms with Crippen molar-refractivity contribution >= 4 is 22.2 Å². The van der Waals surface area contributed by atoms with Gasteiger partial charge in [-0.25, -0.2) is 4.98 Å². The topological polar surface area (TPSA) is 64.9 Å². The number of aromatic nitrogens is 1. The average molecular weight is 205 g/mol. The van der Waals surface area contributed by atoms with Crippen LogP contribution in [0.4, 0.5) is 10.8 Å². The third-order valence-electron chi connectivity index (χ3n) is 1.99. The first-order valence-electron chi connectivity index (χ1n) is 4.29. The summed E-state index contributed by atoms with van der Waals surface area (Å²) in [6, 6.07) is 7.83. The summed E-state index contributed by atoms with van der Waals surface area (Å²) in [5, 5.41) is 0.606. The van der Waals surface area contributed by atoms with Crippen molar-refractivity contribution in [3.05, 3.63) is 40.9 Å². The Morgan fingerprint density at radius 3 is 2.64 bits per heavy atom. The Morgan fingerprint density at radius 1 is 1.21 bits per heavy atom. The fourth-order valence-corrected chi connectivity index (χ4v) is 1.99. The van der Waals surface area contributed by atoms with Crippen LogP contribution in [0.25, 0.3) is 0 Å². The summed E-state index contributed by atoms with van der Waals surface area (Å²) < 4.78 is 0. The first-order valence-corrected chi connectivity index (χ1v) is 5.11. The third kappa shape index (κ3) is 1.85. The van der Waals surface area contributed by atoms with Crippen LogP contribution < -0.4 is 11.5 Å². The molecule has 0 spiro atoms. The number of para-hydroxylation sites is 1. The molecule has 1 aromatic carbocycles. The van der Waals surface area contributed by atoms with Gasteiger partial charge in [0, 0.05) is 23.2 Å². The summed E-state index contributed by atoms with van der Waals surface area (Å²) in [7, 11) is 0. The van der Waals surface area contributed by atoms with Gasteiger partial charge in [-0.3, -0.25) is 0 Å². The quantitative estimate of drug-likeness (QED) is 0.736. The van der Waals surface area contributed by atoms with Crippen LogP contribution in [-0.2, 0) is 6.42 Å². The summed E-state index contributed by atoms with van der Waals surface area (Å²) >= 11 is 1.50. The van der Waals surface area contributed by atoms with Crippen molar-refractivity contribution in [2.24, 2.45) is 0 Å². The molecule has 0 aliphatic rings. The second-order valence-electron chi connectivity index (χ2n) is 3.04. The number of nitrogen functional groups attached to an aromatic ring is 2. The SMILES string of the molecule is Nc1ncc(Cc2ccccc2N)s1. The van der Waals surface area contributed by atoms with E-state index < -0.39 is 0 Å². The highest BCUT2D eigenvalue weighted by atomic mass is 32.1. The Labute approximate surface area is 86.4 Å². The smallest absolute Gasteiger partial charge is 0.180 e. The summed E-state index contributed by atoms with van der Waals surface area (Å²) in [5.41, 5.74) is 13.3. The molecule has 0 saturated carbocycles. The largest absolute Gasteiger partial charge is 0.398 e. The van der Waals surface area contributed by atoms with Gasteiger partial charge < -0.3 is 11.5 Å². The van der Waals surface area contributed by atoms with Gasteiger partial charge in [-0.1, -0.05) is 18.2 Å². The minimum Gasteiger partial charge on any atom is -0.398 e. The highest BCUT2D eigenvalue weighted by molar-refractivity contribution is 7.15. The number of benzene rings is 1. The van der Waals surface area contributed by atoms with Gasteiger partial charge in [0.2, 0.25) is 0 Å². The van der Waals surface area contributed by atoms with Gasteiger partial charge in [0.05, 0.1) is 0 Å². The molecule has 0 saturated heterocycles. The standard InChI is InChI=1S/C10H11N3S/c11-9-4-2-1-3-7(9)5-8-6-13-10(12)14-8/h1-4,6H,5,11H2,(H2,12,13). The van der Waals surface area contributed by atoms with E-state index in [1.54, 1.807) is 6.20 Å². The molecule has 2 rings (SSSR count). The van der Waals surface area contributed by atoms with Crippen LogP contribution in [-0.4, -0.2) is 4.98 Å². The second-order valence-corrected chi connectivity index (χ2v) is 4.19. The summed E-state index contributed by atoms with van der Waals surface area (Å²) in [6.45, 7) is 0. The van der Waals surface area contributed by atoms with Crippen LogP contribution in [0.15, 0.2) is 30.5 Å². The van der Waals surface area contributed by atoms with E-state index in [2.05, 4.69) is 4.98 Å². The molecule has 0 bridgehead atoms. The zero-order valence-corrected chi connectivity index (χ0v) is 8.42. The van der Waals surface area contributed by atoms with Crippen molar-refractivity contribution in [3.63, 3.8) is 0 Å². The average Bonchev–Trinajstić information content (AvgIpc) is 2.56. The van der Waals surface area contributed by atoms with Crippen molar-refractivity contribution in [3.8, 4) is 0 Å². The Balaban J connectivity index is 2.23. The van der Waals surface area contributed by atoms with Crippen molar-refractivity contribution in [2.45, 2.75) is 6.42 Å². The highest BCUT2D eigenvalue weighted by Crippen LogP contribution is 2.21. The van der Waals surface area contributed by atoms with Crippen LogP contribution in [0.5, 0.6) is 0 Å². The fraction of sp³-hybridized carbons (Fsp3) is 0.100. The summed E-state index contributed by atoms with van der Waals surface area (Å²) in [6.07, 6.45) is 2.61. The molecule has 0 radical (unpaired) electrons. The number of hydrogen-bond donors (Lipinski definition) is 2. The van der Waals surface area contributed by atoms with E-state index in [0.717, 1.165) is 22.5 Å². The molecule has 0 fully saturated rings. The van der Waals surface area contributed by atoms with E-state index >= 15 is 0 Å². The number of nitrogens with two attached hydrogens (primary N) is 2. The maximum absolute atomic E-state index is 5.83. The van der Waals surface area contributed by atoms with Gasteiger partial charge in [-0.15, -0.1) is 11.3 Å². The zero-order valence-electron chi connectivity index (χ0n) is 7.60. The second kappa shape index (κ2) is 3.67. The maximum Gasteiger partial charge on any atom is 0.180 e. The first kappa shape index (κ1) is 9.02. The van der Waals surface area contributed by atoms with Crippen molar-refractivity contribution in [1.29, 1.82) is 0 Å². The predicted molar refractivity (Wildman–Crippen MR) is 60.2 cm³/mol. The third-order valence-corrected chi connectivity index (χ3v) is 2.82. The minimum atomic E-state index is 0.606. The molecule has 1 aromatic heterocycles. The molecule has 2 aromatic rings. The lowest BCUT2D eigenvalue weighted by molar-refractivity contribution is 1.22. The van der Waals surface area contributed by atoms with Gasteiger partial charge in [0.25, 0.3) is 0 Å². The van der Waals surface area contributed by atoms with Crippen LogP contribution in [0.2, 0.25) is 0 Å². The molecular formula is C10H11N3S. The molecule has 3 nitrogen and oxygen atoms in total. The molecular weight excluding hydrogens is 194 g/mol. The molecule has 72 valence electrons.